The van der Waals surface area contributed by atoms with Crippen molar-refractivity contribution >= 4 is 21.8 Å². The van der Waals surface area contributed by atoms with Gasteiger partial charge in [0.15, 0.2) is 0 Å². The Kier molecular flexibility index (Phi) is 5.41. The van der Waals surface area contributed by atoms with Gasteiger partial charge in [-0.1, -0.05) is 31.0 Å². The maximum atomic E-state index is 12.5. The Morgan fingerprint density at radius 2 is 1.78 bits per heavy atom. The quantitative estimate of drug-likeness (QED) is 0.851. The molecule has 0 unspecified atom stereocenters. The van der Waals surface area contributed by atoms with E-state index >= 15 is 0 Å². The zero-order valence-corrected chi connectivity index (χ0v) is 14.2. The van der Waals surface area contributed by atoms with Crippen LogP contribution in [0.1, 0.15) is 38.2 Å². The molecule has 1 atom stereocenters. The van der Waals surface area contributed by atoms with Crippen molar-refractivity contribution in [2.75, 3.05) is 0 Å². The number of hydrogen-bond donors (Lipinski definition) is 2. The van der Waals surface area contributed by atoms with Crippen LogP contribution >= 0.6 is 0 Å². The lowest BCUT2D eigenvalue weighted by molar-refractivity contribution is -0.128. The summed E-state index contributed by atoms with van der Waals surface area (Å²) in [5.41, 5.74) is 0.560. The Hall–Kier alpha value is -1.89. The maximum absolute atomic E-state index is 12.5. The van der Waals surface area contributed by atoms with E-state index in [2.05, 4.69) is 10.0 Å². The molecule has 2 rings (SSSR count). The fraction of sp³-hybridized carbons (Fsp3) is 0.500. The Bertz CT molecular complexity index is 694. The highest BCUT2D eigenvalue weighted by atomic mass is 32.2. The van der Waals surface area contributed by atoms with Gasteiger partial charge in [0.05, 0.1) is 4.90 Å². The van der Waals surface area contributed by atoms with Crippen LogP contribution in [-0.2, 0) is 19.6 Å². The Morgan fingerprint density at radius 1 is 1.17 bits per heavy atom. The van der Waals surface area contributed by atoms with Crippen molar-refractivity contribution < 1.29 is 18.0 Å². The molecule has 1 saturated carbocycles. The fourth-order valence-corrected chi connectivity index (χ4v) is 4.27. The third-order valence-corrected chi connectivity index (χ3v) is 5.64. The molecule has 6 nitrogen and oxygen atoms in total. The van der Waals surface area contributed by atoms with Gasteiger partial charge in [-0.3, -0.25) is 9.59 Å². The lowest BCUT2D eigenvalue weighted by Gasteiger charge is -2.23. The molecule has 0 bridgehead atoms. The molecule has 0 radical (unpaired) electrons. The SMILES string of the molecule is CC(=O)N[C@H](C(=O)NS(=O)(=O)c1ccccc1C)C1CCCC1. The second kappa shape index (κ2) is 7.12. The Balaban J connectivity index is 2.20. The zero-order chi connectivity index (χ0) is 17.0. The average molecular weight is 338 g/mol. The van der Waals surface area contributed by atoms with Crippen LogP contribution in [0, 0.1) is 12.8 Å². The molecule has 2 N–H and O–H groups in total. The monoisotopic (exact) mass is 338 g/mol. The summed E-state index contributed by atoms with van der Waals surface area (Å²) in [5.74, 6) is -1.04. The third kappa shape index (κ3) is 4.31. The minimum absolute atomic E-state index is 0.0222. The molecular formula is C16H22N2O4S. The molecule has 0 aromatic heterocycles. The van der Waals surface area contributed by atoms with E-state index in [0.717, 1.165) is 25.7 Å². The molecular weight excluding hydrogens is 316 g/mol. The summed E-state index contributed by atoms with van der Waals surface area (Å²) in [6, 6.07) is 5.65. The van der Waals surface area contributed by atoms with Crippen LogP contribution in [0.3, 0.4) is 0 Å². The summed E-state index contributed by atoms with van der Waals surface area (Å²) in [5, 5.41) is 2.59. The van der Waals surface area contributed by atoms with Crippen LogP contribution in [0.4, 0.5) is 0 Å². The molecule has 0 saturated heterocycles. The van der Waals surface area contributed by atoms with E-state index in [4.69, 9.17) is 0 Å². The molecule has 1 aliphatic carbocycles. The minimum Gasteiger partial charge on any atom is -0.344 e. The predicted octanol–water partition coefficient (Wildman–Crippen LogP) is 1.49. The summed E-state index contributed by atoms with van der Waals surface area (Å²) in [4.78, 5) is 23.9. The molecule has 7 heteroatoms. The molecule has 1 aromatic carbocycles. The fourth-order valence-electron chi connectivity index (χ4n) is 3.02. The van der Waals surface area contributed by atoms with E-state index in [0.29, 0.717) is 5.56 Å². The lowest BCUT2D eigenvalue weighted by atomic mass is 9.97. The van der Waals surface area contributed by atoms with Gasteiger partial charge in [-0.05, 0) is 37.3 Å². The summed E-state index contributed by atoms with van der Waals surface area (Å²) in [6.45, 7) is 2.99. The van der Waals surface area contributed by atoms with Crippen molar-refractivity contribution in [2.24, 2.45) is 5.92 Å². The van der Waals surface area contributed by atoms with E-state index in [-0.39, 0.29) is 16.7 Å². The largest absolute Gasteiger partial charge is 0.344 e. The van der Waals surface area contributed by atoms with Gasteiger partial charge in [0.25, 0.3) is 15.9 Å². The van der Waals surface area contributed by atoms with Crippen molar-refractivity contribution in [3.63, 3.8) is 0 Å². The number of amides is 2. The summed E-state index contributed by atoms with van der Waals surface area (Å²) in [6.07, 6.45) is 3.59. The molecule has 0 spiro atoms. The zero-order valence-electron chi connectivity index (χ0n) is 13.3. The van der Waals surface area contributed by atoms with E-state index in [1.54, 1.807) is 25.1 Å². The number of aryl methyl sites for hydroxylation is 1. The highest BCUT2D eigenvalue weighted by Gasteiger charge is 2.33. The van der Waals surface area contributed by atoms with Crippen LogP contribution in [-0.4, -0.2) is 26.3 Å². The first-order chi connectivity index (χ1) is 10.8. The van der Waals surface area contributed by atoms with Gasteiger partial charge in [-0.15, -0.1) is 0 Å². The van der Waals surface area contributed by atoms with Crippen LogP contribution in [0.5, 0.6) is 0 Å². The van der Waals surface area contributed by atoms with Gasteiger partial charge in [-0.25, -0.2) is 13.1 Å². The van der Waals surface area contributed by atoms with Crippen molar-refractivity contribution in [3.8, 4) is 0 Å². The number of benzene rings is 1. The molecule has 23 heavy (non-hydrogen) atoms. The minimum atomic E-state index is -3.95. The molecule has 1 fully saturated rings. The predicted molar refractivity (Wildman–Crippen MR) is 86.1 cm³/mol. The normalized spacial score (nSPS) is 16.8. The second-order valence-corrected chi connectivity index (χ2v) is 7.61. The van der Waals surface area contributed by atoms with Gasteiger partial charge in [0.2, 0.25) is 5.91 Å². The molecule has 0 heterocycles. The van der Waals surface area contributed by atoms with Gasteiger partial charge >= 0.3 is 0 Å². The third-order valence-electron chi connectivity index (χ3n) is 4.13. The summed E-state index contributed by atoms with van der Waals surface area (Å²) >= 11 is 0. The number of carbonyl (C=O) groups is 2. The first kappa shape index (κ1) is 17.5. The van der Waals surface area contributed by atoms with Gasteiger partial charge in [0, 0.05) is 6.92 Å². The van der Waals surface area contributed by atoms with Crippen LogP contribution in [0.15, 0.2) is 29.2 Å². The number of sulfonamides is 1. The van der Waals surface area contributed by atoms with Crippen LogP contribution in [0.2, 0.25) is 0 Å². The van der Waals surface area contributed by atoms with Gasteiger partial charge < -0.3 is 5.32 Å². The molecule has 1 aliphatic rings. The molecule has 1 aromatic rings. The van der Waals surface area contributed by atoms with Crippen molar-refractivity contribution in [1.82, 2.24) is 10.0 Å². The molecule has 126 valence electrons. The topological polar surface area (TPSA) is 92.3 Å². The van der Waals surface area contributed by atoms with Crippen LogP contribution in [0.25, 0.3) is 0 Å². The van der Waals surface area contributed by atoms with Crippen molar-refractivity contribution in [3.05, 3.63) is 29.8 Å². The molecule has 2 amide bonds. The Labute approximate surface area is 136 Å². The standard InChI is InChI=1S/C16H22N2O4S/c1-11-7-3-6-10-14(11)23(21,22)18-16(20)15(17-12(2)19)13-8-4-5-9-13/h3,6-7,10,13,15H,4-5,8-9H2,1-2H3,(H,17,19)(H,18,20)/t15-/m0/s1. The molecule has 0 aliphatic heterocycles. The smallest absolute Gasteiger partial charge is 0.264 e. The highest BCUT2D eigenvalue weighted by Crippen LogP contribution is 2.28. The average Bonchev–Trinajstić information content (AvgIpc) is 2.98. The van der Waals surface area contributed by atoms with E-state index < -0.39 is 22.0 Å². The van der Waals surface area contributed by atoms with E-state index in [9.17, 15) is 18.0 Å². The maximum Gasteiger partial charge on any atom is 0.264 e. The van der Waals surface area contributed by atoms with E-state index in [1.165, 1.54) is 13.0 Å². The highest BCUT2D eigenvalue weighted by molar-refractivity contribution is 7.90. The first-order valence-electron chi connectivity index (χ1n) is 7.70. The van der Waals surface area contributed by atoms with Crippen molar-refractivity contribution in [2.45, 2.75) is 50.5 Å². The summed E-state index contributed by atoms with van der Waals surface area (Å²) < 4.78 is 27.0. The number of rotatable bonds is 5. The van der Waals surface area contributed by atoms with Gasteiger partial charge in [-0.2, -0.15) is 0 Å². The Morgan fingerprint density at radius 3 is 2.35 bits per heavy atom. The number of carbonyl (C=O) groups excluding carboxylic acids is 2. The lowest BCUT2D eigenvalue weighted by Crippen LogP contribution is -2.51. The number of nitrogens with one attached hydrogen (secondary N) is 2. The summed E-state index contributed by atoms with van der Waals surface area (Å²) in [7, 11) is -3.95. The van der Waals surface area contributed by atoms with E-state index in [1.807, 2.05) is 0 Å². The first-order valence-corrected chi connectivity index (χ1v) is 9.19. The second-order valence-electron chi connectivity index (χ2n) is 5.96. The van der Waals surface area contributed by atoms with Gasteiger partial charge in [0.1, 0.15) is 6.04 Å². The number of hydrogen-bond acceptors (Lipinski definition) is 4. The van der Waals surface area contributed by atoms with Crippen molar-refractivity contribution in [1.29, 1.82) is 0 Å². The van der Waals surface area contributed by atoms with Crippen LogP contribution < -0.4 is 10.0 Å².